The number of likely N-dealkylation sites (N-methyl/N-ethyl adjacent to an activating group) is 2. The molecule has 380 valence electrons. The lowest BCUT2D eigenvalue weighted by Crippen LogP contribution is -2.50. The number of hydrogen-bond donors (Lipinski definition) is 8. The van der Waals surface area contributed by atoms with Crippen molar-refractivity contribution in [3.05, 3.63) is 23.3 Å². The van der Waals surface area contributed by atoms with Crippen LogP contribution in [0.5, 0.6) is 0 Å². The van der Waals surface area contributed by atoms with Crippen molar-refractivity contribution in [2.75, 3.05) is 87.1 Å². The quantitative estimate of drug-likeness (QED) is 0.0707. The third-order valence-corrected chi connectivity index (χ3v) is 13.1. The first-order valence-corrected chi connectivity index (χ1v) is 23.0. The average Bonchev–Trinajstić information content (AvgIpc) is 4.02. The molecule has 4 amide bonds. The van der Waals surface area contributed by atoms with Gasteiger partial charge in [0.15, 0.2) is 34.9 Å². The van der Waals surface area contributed by atoms with E-state index in [2.05, 4.69) is 62.1 Å². The second-order valence-corrected chi connectivity index (χ2v) is 18.1. The van der Waals surface area contributed by atoms with Gasteiger partial charge in [0.1, 0.15) is 0 Å². The van der Waals surface area contributed by atoms with Gasteiger partial charge in [-0.1, -0.05) is 51.4 Å². The molecule has 6 rings (SSSR count). The molecule has 0 radical (unpaired) electrons. The molecule has 20 nitrogen and oxygen atoms in total. The fourth-order valence-corrected chi connectivity index (χ4v) is 8.90. The highest BCUT2D eigenvalue weighted by Crippen LogP contribution is 2.33. The first kappa shape index (κ1) is 53.3. The summed E-state index contributed by atoms with van der Waals surface area (Å²) in [5.74, 6) is -7.21. The number of carbonyl (C=O) groups excluding carboxylic acids is 2. The number of halogens is 6. The number of nitrogens with one attached hydrogen (secondary N) is 6. The normalized spacial score (nSPS) is 20.4. The van der Waals surface area contributed by atoms with Crippen LogP contribution in [0.3, 0.4) is 0 Å². The Morgan fingerprint density at radius 2 is 0.956 bits per heavy atom. The molecule has 68 heavy (non-hydrogen) atoms. The third kappa shape index (κ3) is 15.2. The molecule has 2 saturated heterocycles. The molecule has 8 N–H and O–H groups in total. The Kier molecular flexibility index (Phi) is 19.7. The molecule has 26 heteroatoms. The van der Waals surface area contributed by atoms with E-state index >= 15 is 8.78 Å². The van der Waals surface area contributed by atoms with Crippen LogP contribution in [0.15, 0.2) is 0 Å². The fourth-order valence-electron chi connectivity index (χ4n) is 8.90. The number of hydrogen-bond acceptors (Lipinski definition) is 14. The molecule has 2 aromatic heterocycles. The Labute approximate surface area is 390 Å². The number of nitrogens with zero attached hydrogens (tertiary/aromatic N) is 8. The van der Waals surface area contributed by atoms with E-state index in [1.165, 1.54) is 0 Å². The Bertz CT molecular complexity index is 1880. The van der Waals surface area contributed by atoms with Crippen molar-refractivity contribution in [1.82, 2.24) is 51.2 Å². The molecule has 2 aromatic rings. The van der Waals surface area contributed by atoms with Crippen LogP contribution in [-0.4, -0.2) is 142 Å². The molecule has 2 aliphatic heterocycles. The van der Waals surface area contributed by atoms with Crippen molar-refractivity contribution in [3.63, 3.8) is 0 Å². The maximum Gasteiger partial charge on any atom is 0.404 e. The number of hydrazine groups is 2. The molecule has 4 fully saturated rings. The van der Waals surface area contributed by atoms with Crippen molar-refractivity contribution in [3.8, 4) is 0 Å². The molecule has 2 aliphatic carbocycles. The SMILES string of the molecule is C[C@H]1CN(c2nc(C(F)F)nc(NNC(=O)[C@@H](CNC(=O)O)CC3CCCC3)c2F)CCN1C.C[C@H]1CN(c2nc(C(F)F)nc(NNC(=O)[C@@H](CNC(=O)O)CC3CCCC3)c2F)CCN1C. The highest BCUT2D eigenvalue weighted by Gasteiger charge is 2.32. The minimum Gasteiger partial charge on any atom is -0.465 e. The van der Waals surface area contributed by atoms with Crippen LogP contribution in [0.25, 0.3) is 0 Å². The molecule has 0 unspecified atom stereocenters. The van der Waals surface area contributed by atoms with Crippen molar-refractivity contribution >= 4 is 47.3 Å². The Hall–Kier alpha value is -5.66. The van der Waals surface area contributed by atoms with Gasteiger partial charge in [-0.2, -0.15) is 8.78 Å². The second-order valence-electron chi connectivity index (χ2n) is 18.1. The summed E-state index contributed by atoms with van der Waals surface area (Å²) in [6, 6.07) is 0.125. The van der Waals surface area contributed by atoms with Gasteiger partial charge < -0.3 is 40.4 Å². The van der Waals surface area contributed by atoms with E-state index in [-0.39, 0.29) is 36.8 Å². The van der Waals surface area contributed by atoms with Crippen molar-refractivity contribution in [2.45, 2.75) is 103 Å². The van der Waals surface area contributed by atoms with Crippen molar-refractivity contribution in [1.29, 1.82) is 0 Å². The van der Waals surface area contributed by atoms with Crippen LogP contribution in [-0.2, 0) is 9.59 Å². The van der Waals surface area contributed by atoms with Crippen LogP contribution < -0.4 is 42.1 Å². The molecular formula is C42H64F6N14O6. The second kappa shape index (κ2) is 25.1. The number of amides is 4. The number of rotatable bonds is 18. The molecule has 4 atom stereocenters. The summed E-state index contributed by atoms with van der Waals surface area (Å²) in [5.41, 5.74) is 9.31. The zero-order chi connectivity index (χ0) is 49.7. The maximum atomic E-state index is 15.2. The minimum absolute atomic E-state index is 0.0623. The number of piperazine rings is 2. The standard InChI is InChI=1S/2C21H32F3N7O3/c2*1-12-11-31(8-7-30(12)2)19-15(22)17(26-18(27-19)16(23)24)28-29-20(32)14(10-25-21(33)34)9-13-5-3-4-6-13/h2*12-14,16,25H,3-11H2,1-2H3,(H,29,32)(H,33,34)(H,26,27,28)/t2*12-,14+/m00/s1. The Balaban J connectivity index is 0.000000254. The maximum absolute atomic E-state index is 15.2. The first-order valence-electron chi connectivity index (χ1n) is 23.0. The van der Waals surface area contributed by atoms with Gasteiger partial charge in [-0.05, 0) is 52.6 Å². The molecule has 0 aromatic carbocycles. The number of aromatic nitrogens is 4. The lowest BCUT2D eigenvalue weighted by atomic mass is 9.92. The lowest BCUT2D eigenvalue weighted by Gasteiger charge is -2.38. The van der Waals surface area contributed by atoms with Gasteiger partial charge in [-0.15, -0.1) is 0 Å². The number of anilines is 4. The molecule has 2 saturated carbocycles. The van der Waals surface area contributed by atoms with E-state index in [4.69, 9.17) is 10.2 Å². The minimum atomic E-state index is -3.03. The summed E-state index contributed by atoms with van der Waals surface area (Å²) in [5, 5.41) is 22.3. The lowest BCUT2D eigenvalue weighted by molar-refractivity contribution is -0.125. The predicted molar refractivity (Wildman–Crippen MR) is 238 cm³/mol. The highest BCUT2D eigenvalue weighted by atomic mass is 19.3. The van der Waals surface area contributed by atoms with Crippen molar-refractivity contribution < 1.29 is 55.7 Å². The van der Waals surface area contributed by atoms with Crippen LogP contribution in [0, 0.1) is 35.3 Å². The Morgan fingerprint density at radius 1 is 0.603 bits per heavy atom. The summed E-state index contributed by atoms with van der Waals surface area (Å²) in [7, 11) is 3.85. The van der Waals surface area contributed by atoms with Gasteiger partial charge in [0.2, 0.25) is 23.4 Å². The average molecular weight is 975 g/mol. The van der Waals surface area contributed by atoms with Crippen molar-refractivity contribution in [2.24, 2.45) is 23.7 Å². The zero-order valence-corrected chi connectivity index (χ0v) is 38.7. The van der Waals surface area contributed by atoms with Gasteiger partial charge >= 0.3 is 12.2 Å². The fraction of sp³-hybridized carbons (Fsp3) is 0.714. The van der Waals surface area contributed by atoms with Crippen LogP contribution in [0.2, 0.25) is 0 Å². The molecule has 4 heterocycles. The molecular weight excluding hydrogens is 911 g/mol. The smallest absolute Gasteiger partial charge is 0.404 e. The third-order valence-electron chi connectivity index (χ3n) is 13.1. The first-order chi connectivity index (χ1) is 32.3. The van der Waals surface area contributed by atoms with Crippen LogP contribution in [0.4, 0.5) is 59.2 Å². The van der Waals surface area contributed by atoms with E-state index in [9.17, 15) is 36.7 Å². The van der Waals surface area contributed by atoms with Gasteiger partial charge in [0, 0.05) is 64.4 Å². The van der Waals surface area contributed by atoms with E-state index in [1.807, 2.05) is 27.9 Å². The molecule has 4 aliphatic rings. The van der Waals surface area contributed by atoms with Crippen LogP contribution >= 0.6 is 0 Å². The van der Waals surface area contributed by atoms with Gasteiger partial charge in [-0.25, -0.2) is 47.1 Å². The number of alkyl halides is 4. The Morgan fingerprint density at radius 3 is 1.26 bits per heavy atom. The van der Waals surface area contributed by atoms with Gasteiger partial charge in [-0.3, -0.25) is 31.3 Å². The van der Waals surface area contributed by atoms with E-state index in [0.717, 1.165) is 51.4 Å². The monoisotopic (exact) mass is 975 g/mol. The molecule has 0 spiro atoms. The number of carboxylic acid groups (broad SMARTS) is 2. The zero-order valence-electron chi connectivity index (χ0n) is 38.7. The largest absolute Gasteiger partial charge is 0.465 e. The van der Waals surface area contributed by atoms with Crippen LogP contribution in [0.1, 0.15) is 103 Å². The van der Waals surface area contributed by atoms with E-state index in [1.54, 1.807) is 9.80 Å². The van der Waals surface area contributed by atoms with Gasteiger partial charge in [0.05, 0.1) is 11.8 Å². The summed E-state index contributed by atoms with van der Waals surface area (Å²) >= 11 is 0. The number of carbonyl (C=O) groups is 4. The summed E-state index contributed by atoms with van der Waals surface area (Å²) in [4.78, 5) is 69.3. The predicted octanol–water partition coefficient (Wildman–Crippen LogP) is 5.20. The van der Waals surface area contributed by atoms with E-state index < -0.39 is 83.6 Å². The van der Waals surface area contributed by atoms with Gasteiger partial charge in [0.25, 0.3) is 12.9 Å². The summed E-state index contributed by atoms with van der Waals surface area (Å²) in [6.45, 7) is 6.44. The molecule has 0 bridgehead atoms. The summed E-state index contributed by atoms with van der Waals surface area (Å²) in [6.07, 6.45) is 0.387. The highest BCUT2D eigenvalue weighted by molar-refractivity contribution is 5.81. The topological polar surface area (TPSA) is 245 Å². The van der Waals surface area contributed by atoms with E-state index in [0.29, 0.717) is 63.9 Å². The summed E-state index contributed by atoms with van der Waals surface area (Å²) < 4.78 is 84.2.